The van der Waals surface area contributed by atoms with Crippen LogP contribution >= 0.6 is 11.6 Å². The van der Waals surface area contributed by atoms with Crippen molar-refractivity contribution in [1.82, 2.24) is 10.6 Å². The van der Waals surface area contributed by atoms with Crippen LogP contribution in [0.15, 0.2) is 24.3 Å². The minimum absolute atomic E-state index is 0.000412. The lowest BCUT2D eigenvalue weighted by Crippen LogP contribution is -2.46. The Morgan fingerprint density at radius 2 is 2.00 bits per heavy atom. The maximum Gasteiger partial charge on any atom is 0.315 e. The Hall–Kier alpha value is -1.22. The molecule has 17 heavy (non-hydrogen) atoms. The number of carbonyl (C=O) groups excluding carboxylic acids is 1. The number of rotatable bonds is 3. The normalized spacial score (nSPS) is 16.4. The summed E-state index contributed by atoms with van der Waals surface area (Å²) in [7, 11) is 0. The second kappa shape index (κ2) is 5.41. The Balaban J connectivity index is 1.85. The molecule has 1 aliphatic rings. The fraction of sp³-hybridized carbons (Fsp3) is 0.462. The molecule has 0 bridgehead atoms. The zero-order valence-electron chi connectivity index (χ0n) is 9.87. The summed E-state index contributed by atoms with van der Waals surface area (Å²) in [5.41, 5.74) is 2.67. The van der Waals surface area contributed by atoms with Crippen molar-refractivity contribution in [2.24, 2.45) is 0 Å². The van der Waals surface area contributed by atoms with Gasteiger partial charge < -0.3 is 10.6 Å². The van der Waals surface area contributed by atoms with Crippen molar-refractivity contribution in [3.63, 3.8) is 0 Å². The Morgan fingerprint density at radius 3 is 2.53 bits per heavy atom. The van der Waals surface area contributed by atoms with Gasteiger partial charge in [0.05, 0.1) is 0 Å². The third kappa shape index (κ3) is 3.13. The van der Waals surface area contributed by atoms with E-state index in [9.17, 15) is 4.79 Å². The zero-order chi connectivity index (χ0) is 12.3. The number of fused-ring (bicyclic) bond motifs is 1. The number of hydrogen-bond donors (Lipinski definition) is 2. The van der Waals surface area contributed by atoms with Gasteiger partial charge in [-0.15, -0.1) is 11.6 Å². The number of nitrogens with one attached hydrogen (secondary N) is 2. The average Bonchev–Trinajstić information content (AvgIpc) is 2.70. The van der Waals surface area contributed by atoms with Gasteiger partial charge >= 0.3 is 6.03 Å². The maximum absolute atomic E-state index is 11.6. The molecule has 0 fully saturated rings. The Kier molecular flexibility index (Phi) is 3.89. The molecule has 0 aliphatic heterocycles. The summed E-state index contributed by atoms with van der Waals surface area (Å²) >= 11 is 5.64. The molecule has 0 saturated heterocycles. The maximum atomic E-state index is 11.6. The van der Waals surface area contributed by atoms with Crippen LogP contribution in [0.3, 0.4) is 0 Å². The predicted octanol–water partition coefficient (Wildman–Crippen LogP) is 2.08. The summed E-state index contributed by atoms with van der Waals surface area (Å²) in [5.74, 6) is 0.429. The summed E-state index contributed by atoms with van der Waals surface area (Å²) in [6.07, 6.45) is 1.83. The fourth-order valence-corrected chi connectivity index (χ4v) is 2.23. The SMILES string of the molecule is CC(CCl)NC(=O)NC1Cc2ccccc2C1. The lowest BCUT2D eigenvalue weighted by atomic mass is 10.1. The van der Waals surface area contributed by atoms with Crippen LogP contribution in [0.4, 0.5) is 4.79 Å². The van der Waals surface area contributed by atoms with E-state index in [1.54, 1.807) is 0 Å². The quantitative estimate of drug-likeness (QED) is 0.795. The van der Waals surface area contributed by atoms with E-state index in [0.29, 0.717) is 5.88 Å². The van der Waals surface area contributed by atoms with Crippen LogP contribution in [0.25, 0.3) is 0 Å². The van der Waals surface area contributed by atoms with Crippen LogP contribution in [0.5, 0.6) is 0 Å². The largest absolute Gasteiger partial charge is 0.335 e. The van der Waals surface area contributed by atoms with Crippen molar-refractivity contribution in [3.8, 4) is 0 Å². The molecule has 0 heterocycles. The molecule has 1 aromatic rings. The molecule has 0 saturated carbocycles. The van der Waals surface area contributed by atoms with Crippen LogP contribution in [-0.4, -0.2) is 24.0 Å². The van der Waals surface area contributed by atoms with Gasteiger partial charge in [0, 0.05) is 18.0 Å². The molecule has 2 amide bonds. The van der Waals surface area contributed by atoms with Gasteiger partial charge in [-0.05, 0) is 30.9 Å². The Labute approximate surface area is 107 Å². The van der Waals surface area contributed by atoms with Gasteiger partial charge in [0.25, 0.3) is 0 Å². The van der Waals surface area contributed by atoms with Gasteiger partial charge in [-0.1, -0.05) is 24.3 Å². The van der Waals surface area contributed by atoms with Crippen molar-refractivity contribution in [2.75, 3.05) is 5.88 Å². The van der Waals surface area contributed by atoms with Crippen LogP contribution in [0.2, 0.25) is 0 Å². The van der Waals surface area contributed by atoms with Gasteiger partial charge in [0.1, 0.15) is 0 Å². The molecule has 0 radical (unpaired) electrons. The topological polar surface area (TPSA) is 41.1 Å². The molecule has 4 heteroatoms. The van der Waals surface area contributed by atoms with Crippen molar-refractivity contribution >= 4 is 17.6 Å². The molecule has 3 nitrogen and oxygen atoms in total. The first kappa shape index (κ1) is 12.2. The summed E-state index contributed by atoms with van der Waals surface area (Å²) < 4.78 is 0. The minimum Gasteiger partial charge on any atom is -0.335 e. The van der Waals surface area contributed by atoms with E-state index >= 15 is 0 Å². The molecule has 1 aromatic carbocycles. The molecular weight excluding hydrogens is 236 g/mol. The summed E-state index contributed by atoms with van der Waals surface area (Å²) in [6, 6.07) is 8.40. The number of carbonyl (C=O) groups is 1. The van der Waals surface area contributed by atoms with Crippen LogP contribution in [-0.2, 0) is 12.8 Å². The monoisotopic (exact) mass is 252 g/mol. The minimum atomic E-state index is -0.129. The number of amides is 2. The molecule has 92 valence electrons. The van der Waals surface area contributed by atoms with E-state index in [-0.39, 0.29) is 18.1 Å². The molecule has 0 aromatic heterocycles. The average molecular weight is 253 g/mol. The van der Waals surface area contributed by atoms with Crippen LogP contribution in [0.1, 0.15) is 18.1 Å². The number of alkyl halides is 1. The van der Waals surface area contributed by atoms with Gasteiger partial charge in [-0.25, -0.2) is 4.79 Å². The Morgan fingerprint density at radius 1 is 1.41 bits per heavy atom. The molecular formula is C13H17ClN2O. The summed E-state index contributed by atoms with van der Waals surface area (Å²) in [6.45, 7) is 1.88. The number of halogens is 1. The first-order valence-corrected chi connectivity index (χ1v) is 6.42. The van der Waals surface area contributed by atoms with Gasteiger partial charge in [0.15, 0.2) is 0 Å². The van der Waals surface area contributed by atoms with Crippen molar-refractivity contribution in [1.29, 1.82) is 0 Å². The molecule has 1 aliphatic carbocycles. The predicted molar refractivity (Wildman–Crippen MR) is 69.5 cm³/mol. The van der Waals surface area contributed by atoms with E-state index in [4.69, 9.17) is 11.6 Å². The summed E-state index contributed by atoms with van der Waals surface area (Å²) in [4.78, 5) is 11.6. The second-order valence-electron chi connectivity index (χ2n) is 4.55. The molecule has 2 rings (SSSR count). The first-order chi connectivity index (χ1) is 8.19. The van der Waals surface area contributed by atoms with Gasteiger partial charge in [-0.2, -0.15) is 0 Å². The van der Waals surface area contributed by atoms with Gasteiger partial charge in [-0.3, -0.25) is 0 Å². The molecule has 1 atom stereocenters. The number of hydrogen-bond acceptors (Lipinski definition) is 1. The standard InChI is InChI=1S/C13H17ClN2O/c1-9(8-14)15-13(17)16-12-6-10-4-2-3-5-11(10)7-12/h2-5,9,12H,6-8H2,1H3,(H2,15,16,17). The fourth-order valence-electron chi connectivity index (χ4n) is 2.15. The first-order valence-electron chi connectivity index (χ1n) is 5.89. The third-order valence-corrected chi connectivity index (χ3v) is 3.46. The third-order valence-electron chi connectivity index (χ3n) is 3.00. The van der Waals surface area contributed by atoms with Crippen LogP contribution < -0.4 is 10.6 Å². The molecule has 1 unspecified atom stereocenters. The highest BCUT2D eigenvalue weighted by molar-refractivity contribution is 6.18. The van der Waals surface area contributed by atoms with E-state index < -0.39 is 0 Å². The smallest absolute Gasteiger partial charge is 0.315 e. The highest BCUT2D eigenvalue weighted by Gasteiger charge is 2.22. The van der Waals surface area contributed by atoms with Crippen molar-refractivity contribution < 1.29 is 4.79 Å². The highest BCUT2D eigenvalue weighted by atomic mass is 35.5. The summed E-state index contributed by atoms with van der Waals surface area (Å²) in [5, 5.41) is 5.78. The molecule has 2 N–H and O–H groups in total. The lowest BCUT2D eigenvalue weighted by Gasteiger charge is -2.15. The highest BCUT2D eigenvalue weighted by Crippen LogP contribution is 2.21. The van der Waals surface area contributed by atoms with E-state index in [0.717, 1.165) is 12.8 Å². The lowest BCUT2D eigenvalue weighted by molar-refractivity contribution is 0.235. The van der Waals surface area contributed by atoms with E-state index in [2.05, 4.69) is 22.8 Å². The number of benzene rings is 1. The van der Waals surface area contributed by atoms with Crippen molar-refractivity contribution in [2.45, 2.75) is 31.8 Å². The van der Waals surface area contributed by atoms with Crippen molar-refractivity contribution in [3.05, 3.63) is 35.4 Å². The Bertz CT molecular complexity index is 383. The second-order valence-corrected chi connectivity index (χ2v) is 4.86. The number of urea groups is 1. The molecule has 0 spiro atoms. The van der Waals surface area contributed by atoms with E-state index in [1.807, 2.05) is 19.1 Å². The van der Waals surface area contributed by atoms with Gasteiger partial charge in [0.2, 0.25) is 0 Å². The zero-order valence-corrected chi connectivity index (χ0v) is 10.6. The van der Waals surface area contributed by atoms with Crippen LogP contribution in [0, 0.1) is 0 Å². The van der Waals surface area contributed by atoms with E-state index in [1.165, 1.54) is 11.1 Å².